The summed E-state index contributed by atoms with van der Waals surface area (Å²) >= 11 is 6.05. The zero-order chi connectivity index (χ0) is 11.4. The van der Waals surface area contributed by atoms with Gasteiger partial charge in [0.1, 0.15) is 0 Å². The van der Waals surface area contributed by atoms with E-state index in [9.17, 15) is 4.79 Å². The molecule has 1 aromatic rings. The highest BCUT2D eigenvalue weighted by molar-refractivity contribution is 6.32. The van der Waals surface area contributed by atoms with Crippen LogP contribution in [0.1, 0.15) is 36.2 Å². The summed E-state index contributed by atoms with van der Waals surface area (Å²) in [6, 6.07) is 3.15. The lowest BCUT2D eigenvalue weighted by Crippen LogP contribution is -2.20. The highest BCUT2D eigenvalue weighted by Gasteiger charge is 2.19. The van der Waals surface area contributed by atoms with Crippen molar-refractivity contribution in [3.8, 4) is 0 Å². The van der Waals surface area contributed by atoms with Gasteiger partial charge in [0.2, 0.25) is 5.76 Å². The molecule has 1 aliphatic carbocycles. The van der Waals surface area contributed by atoms with Crippen LogP contribution in [-0.2, 0) is 4.84 Å². The number of oxime groups is 1. The van der Waals surface area contributed by atoms with Crippen LogP contribution in [-0.4, -0.2) is 17.1 Å². The zero-order valence-electron chi connectivity index (χ0n) is 8.69. The van der Waals surface area contributed by atoms with Gasteiger partial charge in [0.05, 0.1) is 17.4 Å². The first-order valence-corrected chi connectivity index (χ1v) is 5.66. The van der Waals surface area contributed by atoms with Gasteiger partial charge in [-0.3, -0.25) is 0 Å². The van der Waals surface area contributed by atoms with E-state index >= 15 is 0 Å². The molecule has 0 N–H and O–H groups in total. The van der Waals surface area contributed by atoms with Crippen molar-refractivity contribution in [1.82, 2.24) is 0 Å². The fourth-order valence-electron chi connectivity index (χ4n) is 1.60. The standard InChI is InChI=1S/C11H12ClNO3/c12-8-4-1-2-5-9(8)13-16-11(14)10-6-3-7-15-10/h3,6-8H,1-2,4-5H2. The molecular weight excluding hydrogens is 230 g/mol. The number of hydrogen-bond donors (Lipinski definition) is 0. The monoisotopic (exact) mass is 241 g/mol. The minimum Gasteiger partial charge on any atom is -0.457 e. The van der Waals surface area contributed by atoms with E-state index in [0.29, 0.717) is 0 Å². The van der Waals surface area contributed by atoms with E-state index in [2.05, 4.69) is 5.16 Å². The van der Waals surface area contributed by atoms with Crippen molar-refractivity contribution in [3.05, 3.63) is 24.2 Å². The second-order valence-electron chi connectivity index (χ2n) is 3.65. The Labute approximate surface area is 98.2 Å². The molecule has 0 bridgehead atoms. The average molecular weight is 242 g/mol. The molecule has 0 saturated heterocycles. The fourth-order valence-corrected chi connectivity index (χ4v) is 1.90. The third kappa shape index (κ3) is 2.64. The van der Waals surface area contributed by atoms with Crippen molar-refractivity contribution in [1.29, 1.82) is 0 Å². The molecule has 1 aromatic heterocycles. The van der Waals surface area contributed by atoms with E-state index in [1.807, 2.05) is 0 Å². The van der Waals surface area contributed by atoms with Gasteiger partial charge in [-0.25, -0.2) is 4.79 Å². The van der Waals surface area contributed by atoms with Crippen LogP contribution >= 0.6 is 11.6 Å². The first-order chi connectivity index (χ1) is 7.77. The molecular formula is C11H12ClNO3. The van der Waals surface area contributed by atoms with Gasteiger partial charge in [-0.2, -0.15) is 0 Å². The summed E-state index contributed by atoms with van der Waals surface area (Å²) in [7, 11) is 0. The number of rotatable bonds is 2. The SMILES string of the molecule is O=C(ON=C1CCCCC1Cl)c1ccco1. The third-order valence-electron chi connectivity index (χ3n) is 2.47. The van der Waals surface area contributed by atoms with Gasteiger partial charge in [-0.15, -0.1) is 11.6 Å². The number of carbonyl (C=O) groups excluding carboxylic acids is 1. The molecule has 1 heterocycles. The number of halogens is 1. The van der Waals surface area contributed by atoms with Crippen LogP contribution < -0.4 is 0 Å². The lowest BCUT2D eigenvalue weighted by molar-refractivity contribution is 0.0477. The van der Waals surface area contributed by atoms with Gasteiger partial charge < -0.3 is 9.25 Å². The Balaban J connectivity index is 1.95. The van der Waals surface area contributed by atoms with Gasteiger partial charge in [0.25, 0.3) is 0 Å². The predicted octanol–water partition coefficient (Wildman–Crippen LogP) is 2.97. The first kappa shape index (κ1) is 11.2. The lowest BCUT2D eigenvalue weighted by atomic mass is 9.98. The second kappa shape index (κ2) is 5.16. The smallest absolute Gasteiger partial charge is 0.400 e. The molecule has 1 saturated carbocycles. The van der Waals surface area contributed by atoms with E-state index in [0.717, 1.165) is 31.4 Å². The van der Waals surface area contributed by atoms with Gasteiger partial charge in [0.15, 0.2) is 0 Å². The van der Waals surface area contributed by atoms with E-state index in [-0.39, 0.29) is 11.1 Å². The maximum Gasteiger partial charge on any atom is 0.400 e. The van der Waals surface area contributed by atoms with Crippen molar-refractivity contribution < 1.29 is 14.0 Å². The van der Waals surface area contributed by atoms with Crippen molar-refractivity contribution in [3.63, 3.8) is 0 Å². The minimum atomic E-state index is -0.591. The fraction of sp³-hybridized carbons (Fsp3) is 0.455. The molecule has 2 rings (SSSR count). The Morgan fingerprint density at radius 1 is 1.56 bits per heavy atom. The number of nitrogens with zero attached hydrogens (tertiary/aromatic N) is 1. The predicted molar refractivity (Wildman–Crippen MR) is 59.7 cm³/mol. The molecule has 1 atom stereocenters. The summed E-state index contributed by atoms with van der Waals surface area (Å²) in [6.07, 6.45) is 5.23. The van der Waals surface area contributed by atoms with Gasteiger partial charge in [-0.05, 0) is 31.4 Å². The maximum atomic E-state index is 11.4. The Bertz CT molecular complexity index is 386. The van der Waals surface area contributed by atoms with Crippen LogP contribution in [0.2, 0.25) is 0 Å². The minimum absolute atomic E-state index is 0.113. The topological polar surface area (TPSA) is 51.8 Å². The van der Waals surface area contributed by atoms with Gasteiger partial charge >= 0.3 is 5.97 Å². The van der Waals surface area contributed by atoms with E-state index in [1.165, 1.54) is 12.3 Å². The molecule has 0 aliphatic heterocycles. The molecule has 16 heavy (non-hydrogen) atoms. The first-order valence-electron chi connectivity index (χ1n) is 5.23. The van der Waals surface area contributed by atoms with E-state index in [1.54, 1.807) is 6.07 Å². The molecule has 1 fully saturated rings. The van der Waals surface area contributed by atoms with Crippen molar-refractivity contribution in [2.24, 2.45) is 5.16 Å². The molecule has 0 amide bonds. The van der Waals surface area contributed by atoms with E-state index < -0.39 is 5.97 Å². The Kier molecular flexibility index (Phi) is 3.62. The van der Waals surface area contributed by atoms with Crippen LogP contribution in [0.3, 0.4) is 0 Å². The summed E-state index contributed by atoms with van der Waals surface area (Å²) in [5.41, 5.74) is 0.743. The second-order valence-corrected chi connectivity index (χ2v) is 4.18. The van der Waals surface area contributed by atoms with Gasteiger partial charge in [0, 0.05) is 0 Å². The Hall–Kier alpha value is -1.29. The van der Waals surface area contributed by atoms with Crippen LogP contribution in [0.25, 0.3) is 0 Å². The zero-order valence-corrected chi connectivity index (χ0v) is 9.44. The molecule has 0 radical (unpaired) electrons. The lowest BCUT2D eigenvalue weighted by Gasteiger charge is -2.16. The van der Waals surface area contributed by atoms with Gasteiger partial charge in [-0.1, -0.05) is 11.6 Å². The summed E-state index contributed by atoms with van der Waals surface area (Å²) in [4.78, 5) is 16.2. The van der Waals surface area contributed by atoms with Crippen LogP contribution in [0.15, 0.2) is 28.0 Å². The summed E-state index contributed by atoms with van der Waals surface area (Å²) in [5.74, 6) is -0.446. The largest absolute Gasteiger partial charge is 0.457 e. The normalized spacial score (nSPS) is 23.3. The molecule has 4 nitrogen and oxygen atoms in total. The average Bonchev–Trinajstić information content (AvgIpc) is 2.81. The Morgan fingerprint density at radius 3 is 3.12 bits per heavy atom. The van der Waals surface area contributed by atoms with E-state index in [4.69, 9.17) is 20.9 Å². The highest BCUT2D eigenvalue weighted by Crippen LogP contribution is 2.20. The number of hydrogen-bond acceptors (Lipinski definition) is 4. The number of alkyl halides is 1. The number of carbonyl (C=O) groups is 1. The van der Waals surface area contributed by atoms with Crippen molar-refractivity contribution >= 4 is 23.3 Å². The van der Waals surface area contributed by atoms with Crippen molar-refractivity contribution in [2.75, 3.05) is 0 Å². The molecule has 1 unspecified atom stereocenters. The molecule has 5 heteroatoms. The van der Waals surface area contributed by atoms with Crippen molar-refractivity contribution in [2.45, 2.75) is 31.1 Å². The summed E-state index contributed by atoms with van der Waals surface area (Å²) in [5, 5.41) is 3.68. The summed E-state index contributed by atoms with van der Waals surface area (Å²) in [6.45, 7) is 0. The summed E-state index contributed by atoms with van der Waals surface area (Å²) < 4.78 is 4.89. The van der Waals surface area contributed by atoms with Crippen LogP contribution in [0.5, 0.6) is 0 Å². The quantitative estimate of drug-likeness (QED) is 0.454. The third-order valence-corrected chi connectivity index (χ3v) is 2.94. The highest BCUT2D eigenvalue weighted by atomic mass is 35.5. The Morgan fingerprint density at radius 2 is 2.44 bits per heavy atom. The molecule has 0 spiro atoms. The number of furan rings is 1. The molecule has 1 aliphatic rings. The van der Waals surface area contributed by atoms with Crippen LogP contribution in [0, 0.1) is 0 Å². The molecule has 0 aromatic carbocycles. The van der Waals surface area contributed by atoms with Crippen LogP contribution in [0.4, 0.5) is 0 Å². The molecule has 86 valence electrons. The maximum absolute atomic E-state index is 11.4.